The molecule has 2 aliphatic heterocycles. The highest BCUT2D eigenvalue weighted by Crippen LogP contribution is 2.32. The Morgan fingerprint density at radius 2 is 2.11 bits per heavy atom. The number of piperidine rings is 1. The van der Waals surface area contributed by atoms with Gasteiger partial charge in [-0.25, -0.2) is 0 Å². The second-order valence-electron chi connectivity index (χ2n) is 7.49. The van der Waals surface area contributed by atoms with Crippen molar-refractivity contribution in [2.24, 2.45) is 16.8 Å². The van der Waals surface area contributed by atoms with Crippen LogP contribution in [-0.2, 0) is 20.7 Å². The van der Waals surface area contributed by atoms with Crippen LogP contribution >= 0.6 is 0 Å². The topological polar surface area (TPSA) is 88.4 Å². The van der Waals surface area contributed by atoms with Gasteiger partial charge in [-0.15, -0.1) is 0 Å². The Morgan fingerprint density at radius 1 is 1.29 bits per heavy atom. The lowest BCUT2D eigenvalue weighted by atomic mass is 9.78. The molecule has 2 atom stereocenters. The smallest absolute Gasteiger partial charge is 0.303 e. The van der Waals surface area contributed by atoms with Crippen molar-refractivity contribution in [3.63, 3.8) is 0 Å². The van der Waals surface area contributed by atoms with E-state index in [4.69, 9.17) is 14.5 Å². The number of hydrogen-bond acceptors (Lipinski definition) is 5. The Labute approximate surface area is 165 Å². The van der Waals surface area contributed by atoms with Gasteiger partial charge >= 0.3 is 5.97 Å². The van der Waals surface area contributed by atoms with Gasteiger partial charge in [-0.05, 0) is 60.4 Å². The average molecular weight is 388 g/mol. The predicted molar refractivity (Wildman–Crippen MR) is 105 cm³/mol. The second kappa shape index (κ2) is 9.19. The number of aliphatic imine (C=N–C) groups is 1. The van der Waals surface area contributed by atoms with Crippen LogP contribution in [0.4, 0.5) is 0 Å². The third kappa shape index (κ3) is 4.70. The van der Waals surface area contributed by atoms with E-state index in [0.29, 0.717) is 25.9 Å². The molecule has 7 nitrogen and oxygen atoms in total. The molecule has 1 aromatic rings. The van der Waals surface area contributed by atoms with Gasteiger partial charge in [-0.2, -0.15) is 0 Å². The maximum atomic E-state index is 12.3. The minimum absolute atomic E-state index is 0.0374. The number of amides is 1. The standard InChI is InChI=1S/C21H28N2O5/c1-27-13-20(24)23-8-6-14(11-21(25)26)16(12-23)10-19-18-4-3-17(28-2)9-15(18)5-7-22-19/h3-4,9,14,16H,5-8,10-13H2,1-2H3,(H,25,26)/t14-,16-/m0/s1. The number of carboxylic acid groups (broad SMARTS) is 1. The van der Waals surface area contributed by atoms with Crippen LogP contribution in [0.3, 0.4) is 0 Å². The monoisotopic (exact) mass is 388 g/mol. The first-order valence-electron chi connectivity index (χ1n) is 9.71. The summed E-state index contributed by atoms with van der Waals surface area (Å²) in [6.07, 6.45) is 2.36. The van der Waals surface area contributed by atoms with E-state index >= 15 is 0 Å². The number of fused-ring (bicyclic) bond motifs is 1. The van der Waals surface area contributed by atoms with Gasteiger partial charge in [-0.3, -0.25) is 14.6 Å². The fourth-order valence-electron chi connectivity index (χ4n) is 4.25. The molecule has 1 aromatic carbocycles. The molecule has 0 bridgehead atoms. The maximum absolute atomic E-state index is 12.3. The summed E-state index contributed by atoms with van der Waals surface area (Å²) in [7, 11) is 3.16. The fourth-order valence-corrected chi connectivity index (χ4v) is 4.25. The quantitative estimate of drug-likeness (QED) is 0.772. The van der Waals surface area contributed by atoms with Crippen LogP contribution in [-0.4, -0.2) is 68.1 Å². The molecule has 1 saturated heterocycles. The zero-order chi connectivity index (χ0) is 20.1. The Morgan fingerprint density at radius 3 is 2.82 bits per heavy atom. The minimum atomic E-state index is -0.789. The van der Waals surface area contributed by atoms with E-state index in [1.807, 2.05) is 18.2 Å². The lowest BCUT2D eigenvalue weighted by Gasteiger charge is -2.38. The molecule has 1 N–H and O–H groups in total. The number of benzene rings is 1. The molecule has 152 valence electrons. The number of likely N-dealkylation sites (tertiary alicyclic amines) is 1. The summed E-state index contributed by atoms with van der Waals surface area (Å²) in [5, 5.41) is 9.32. The largest absolute Gasteiger partial charge is 0.497 e. The number of carboxylic acids is 1. The van der Waals surface area contributed by atoms with Gasteiger partial charge in [0, 0.05) is 38.9 Å². The fraction of sp³-hybridized carbons (Fsp3) is 0.571. The van der Waals surface area contributed by atoms with Crippen molar-refractivity contribution in [2.45, 2.75) is 25.7 Å². The number of methoxy groups -OCH3 is 2. The van der Waals surface area contributed by atoms with E-state index in [9.17, 15) is 14.7 Å². The first-order valence-corrected chi connectivity index (χ1v) is 9.71. The van der Waals surface area contributed by atoms with Crippen molar-refractivity contribution >= 4 is 17.6 Å². The average Bonchev–Trinajstić information content (AvgIpc) is 2.68. The molecule has 2 aliphatic rings. The van der Waals surface area contributed by atoms with Crippen LogP contribution in [0.2, 0.25) is 0 Å². The van der Waals surface area contributed by atoms with Crippen LogP contribution < -0.4 is 4.74 Å². The molecule has 7 heteroatoms. The summed E-state index contributed by atoms with van der Waals surface area (Å²) in [5.74, 6) is 0.102. The summed E-state index contributed by atoms with van der Waals surface area (Å²) in [6, 6.07) is 6.02. The van der Waals surface area contributed by atoms with Crippen molar-refractivity contribution < 1.29 is 24.2 Å². The normalized spacial score (nSPS) is 21.6. The van der Waals surface area contributed by atoms with E-state index in [0.717, 1.165) is 30.0 Å². The Balaban J connectivity index is 1.79. The summed E-state index contributed by atoms with van der Waals surface area (Å²) in [5.41, 5.74) is 3.33. The molecular weight excluding hydrogens is 360 g/mol. The van der Waals surface area contributed by atoms with Gasteiger partial charge < -0.3 is 19.5 Å². The third-order valence-corrected chi connectivity index (χ3v) is 5.71. The van der Waals surface area contributed by atoms with Crippen LogP contribution in [0.1, 0.15) is 30.4 Å². The van der Waals surface area contributed by atoms with E-state index in [1.54, 1.807) is 12.0 Å². The molecule has 0 radical (unpaired) electrons. The van der Waals surface area contributed by atoms with Crippen LogP contribution in [0, 0.1) is 11.8 Å². The molecule has 2 heterocycles. The molecule has 0 saturated carbocycles. The lowest BCUT2D eigenvalue weighted by molar-refractivity contribution is -0.140. The molecule has 0 spiro atoms. The summed E-state index contributed by atoms with van der Waals surface area (Å²) >= 11 is 0. The Kier molecular flexibility index (Phi) is 6.67. The zero-order valence-electron chi connectivity index (χ0n) is 16.5. The highest BCUT2D eigenvalue weighted by Gasteiger charge is 2.34. The summed E-state index contributed by atoms with van der Waals surface area (Å²) in [6.45, 7) is 1.90. The van der Waals surface area contributed by atoms with E-state index in [-0.39, 0.29) is 30.8 Å². The number of carbonyl (C=O) groups is 2. The van der Waals surface area contributed by atoms with Crippen LogP contribution in [0.15, 0.2) is 23.2 Å². The number of aliphatic carboxylic acids is 1. The van der Waals surface area contributed by atoms with Crippen molar-refractivity contribution in [3.05, 3.63) is 29.3 Å². The van der Waals surface area contributed by atoms with E-state index in [1.165, 1.54) is 12.7 Å². The number of hydrogen-bond donors (Lipinski definition) is 1. The van der Waals surface area contributed by atoms with Crippen molar-refractivity contribution in [1.82, 2.24) is 4.90 Å². The molecule has 28 heavy (non-hydrogen) atoms. The van der Waals surface area contributed by atoms with Crippen molar-refractivity contribution in [2.75, 3.05) is 40.5 Å². The first-order chi connectivity index (χ1) is 13.5. The minimum Gasteiger partial charge on any atom is -0.497 e. The molecule has 0 unspecified atom stereocenters. The van der Waals surface area contributed by atoms with Crippen molar-refractivity contribution in [3.8, 4) is 5.75 Å². The second-order valence-corrected chi connectivity index (χ2v) is 7.49. The maximum Gasteiger partial charge on any atom is 0.303 e. The molecule has 1 fully saturated rings. The lowest BCUT2D eigenvalue weighted by Crippen LogP contribution is -2.46. The van der Waals surface area contributed by atoms with Gasteiger partial charge in [0.2, 0.25) is 5.91 Å². The van der Waals surface area contributed by atoms with Crippen LogP contribution in [0.25, 0.3) is 0 Å². The zero-order valence-corrected chi connectivity index (χ0v) is 16.5. The number of rotatable bonds is 7. The Hall–Kier alpha value is -2.41. The van der Waals surface area contributed by atoms with Gasteiger partial charge in [-0.1, -0.05) is 0 Å². The van der Waals surface area contributed by atoms with Gasteiger partial charge in [0.15, 0.2) is 0 Å². The van der Waals surface area contributed by atoms with E-state index in [2.05, 4.69) is 0 Å². The van der Waals surface area contributed by atoms with E-state index < -0.39 is 5.97 Å². The summed E-state index contributed by atoms with van der Waals surface area (Å²) in [4.78, 5) is 30.2. The van der Waals surface area contributed by atoms with Crippen molar-refractivity contribution in [1.29, 1.82) is 0 Å². The molecule has 3 rings (SSSR count). The molecular formula is C21H28N2O5. The molecule has 0 aromatic heterocycles. The number of ether oxygens (including phenoxy) is 2. The number of carbonyl (C=O) groups excluding carboxylic acids is 1. The SMILES string of the molecule is COCC(=O)N1CC[C@@H](CC(=O)O)[C@@H](CC2=NCCc3cc(OC)ccc32)C1. The van der Waals surface area contributed by atoms with Gasteiger partial charge in [0.1, 0.15) is 12.4 Å². The van der Waals surface area contributed by atoms with Gasteiger partial charge in [0.05, 0.1) is 7.11 Å². The Bertz CT molecular complexity index is 761. The molecule has 0 aliphatic carbocycles. The predicted octanol–water partition coefficient (Wildman–Crippen LogP) is 2.02. The van der Waals surface area contributed by atoms with Crippen LogP contribution in [0.5, 0.6) is 5.75 Å². The highest BCUT2D eigenvalue weighted by molar-refractivity contribution is 6.03. The number of nitrogens with zero attached hydrogens (tertiary/aromatic N) is 2. The third-order valence-electron chi connectivity index (χ3n) is 5.71. The van der Waals surface area contributed by atoms with Gasteiger partial charge in [0.25, 0.3) is 0 Å². The summed E-state index contributed by atoms with van der Waals surface area (Å²) < 4.78 is 10.3. The molecule has 1 amide bonds. The first kappa shape index (κ1) is 20.3. The highest BCUT2D eigenvalue weighted by atomic mass is 16.5.